The van der Waals surface area contributed by atoms with Crippen LogP contribution in [0.4, 0.5) is 0 Å². The highest BCUT2D eigenvalue weighted by Gasteiger charge is 2.18. The van der Waals surface area contributed by atoms with Crippen molar-refractivity contribution >= 4 is 29.3 Å². The van der Waals surface area contributed by atoms with Crippen molar-refractivity contribution in [2.24, 2.45) is 0 Å². The maximum Gasteiger partial charge on any atom is 0.232 e. The van der Waals surface area contributed by atoms with Gasteiger partial charge in [-0.25, -0.2) is 0 Å². The summed E-state index contributed by atoms with van der Waals surface area (Å²) in [6.07, 6.45) is 0. The van der Waals surface area contributed by atoms with Crippen LogP contribution in [0.15, 0.2) is 24.3 Å². The number of carbonyl (C=O) groups excluding carboxylic acids is 1. The molecular formula is C14H19ClN2OS. The lowest BCUT2D eigenvalue weighted by molar-refractivity contribution is -0.129. The summed E-state index contributed by atoms with van der Waals surface area (Å²) in [7, 11) is 2.09. The molecule has 1 aliphatic heterocycles. The summed E-state index contributed by atoms with van der Waals surface area (Å²) in [6, 6.07) is 7.80. The molecular weight excluding hydrogens is 280 g/mol. The molecule has 1 amide bonds. The third kappa shape index (κ3) is 4.71. The molecule has 0 N–H and O–H groups in total. The molecule has 0 radical (unpaired) electrons. The van der Waals surface area contributed by atoms with E-state index in [0.717, 1.165) is 37.0 Å². The summed E-state index contributed by atoms with van der Waals surface area (Å²) < 4.78 is 0. The van der Waals surface area contributed by atoms with Crippen LogP contribution in [0.5, 0.6) is 0 Å². The lowest BCUT2D eigenvalue weighted by Crippen LogP contribution is -2.47. The third-order valence-electron chi connectivity index (χ3n) is 3.26. The molecule has 1 aliphatic rings. The number of halogens is 1. The maximum absolute atomic E-state index is 12.0. The Morgan fingerprint density at radius 3 is 2.47 bits per heavy atom. The minimum atomic E-state index is 0.257. The fraction of sp³-hybridized carbons (Fsp3) is 0.500. The molecule has 3 nitrogen and oxygen atoms in total. The molecule has 0 unspecified atom stereocenters. The van der Waals surface area contributed by atoms with E-state index in [9.17, 15) is 4.79 Å². The van der Waals surface area contributed by atoms with Gasteiger partial charge in [0.2, 0.25) is 5.91 Å². The van der Waals surface area contributed by atoms with Crippen molar-refractivity contribution in [1.82, 2.24) is 9.80 Å². The maximum atomic E-state index is 12.0. The van der Waals surface area contributed by atoms with Crippen LogP contribution in [0.1, 0.15) is 5.56 Å². The zero-order valence-electron chi connectivity index (χ0n) is 11.1. The van der Waals surface area contributed by atoms with Crippen LogP contribution in [0, 0.1) is 0 Å². The first-order valence-corrected chi connectivity index (χ1v) is 7.97. The molecule has 0 aliphatic carbocycles. The Labute approximate surface area is 123 Å². The van der Waals surface area contributed by atoms with Gasteiger partial charge in [0.1, 0.15) is 0 Å². The first-order chi connectivity index (χ1) is 9.15. The Bertz CT molecular complexity index is 416. The van der Waals surface area contributed by atoms with Crippen LogP contribution < -0.4 is 0 Å². The number of carbonyl (C=O) groups is 1. The number of rotatable bonds is 4. The smallest absolute Gasteiger partial charge is 0.232 e. The minimum Gasteiger partial charge on any atom is -0.339 e. The molecule has 0 spiro atoms. The van der Waals surface area contributed by atoms with Gasteiger partial charge in [-0.1, -0.05) is 23.7 Å². The first-order valence-electron chi connectivity index (χ1n) is 6.43. The van der Waals surface area contributed by atoms with Crippen LogP contribution in [-0.4, -0.2) is 54.7 Å². The number of benzene rings is 1. The SMILES string of the molecule is CN1CCN(C(=O)CSCc2ccc(Cl)cc2)CC1. The van der Waals surface area contributed by atoms with Crippen LogP contribution in [-0.2, 0) is 10.5 Å². The fourth-order valence-corrected chi connectivity index (χ4v) is 3.00. The highest BCUT2D eigenvalue weighted by molar-refractivity contribution is 7.99. The van der Waals surface area contributed by atoms with E-state index in [-0.39, 0.29) is 5.91 Å². The topological polar surface area (TPSA) is 23.6 Å². The molecule has 1 aromatic rings. The molecule has 104 valence electrons. The zero-order valence-corrected chi connectivity index (χ0v) is 12.7. The largest absolute Gasteiger partial charge is 0.339 e. The fourth-order valence-electron chi connectivity index (χ4n) is 1.98. The van der Waals surface area contributed by atoms with E-state index in [1.54, 1.807) is 11.8 Å². The van der Waals surface area contributed by atoms with Gasteiger partial charge in [0.05, 0.1) is 5.75 Å². The number of hydrogen-bond acceptors (Lipinski definition) is 3. The van der Waals surface area contributed by atoms with Gasteiger partial charge in [0, 0.05) is 37.0 Å². The summed E-state index contributed by atoms with van der Waals surface area (Å²) in [5.74, 6) is 1.68. The molecule has 0 atom stereocenters. The zero-order chi connectivity index (χ0) is 13.7. The summed E-state index contributed by atoms with van der Waals surface area (Å²) in [4.78, 5) is 16.2. The molecule has 19 heavy (non-hydrogen) atoms. The monoisotopic (exact) mass is 298 g/mol. The number of thioether (sulfide) groups is 1. The molecule has 1 heterocycles. The van der Waals surface area contributed by atoms with Crippen molar-refractivity contribution < 1.29 is 4.79 Å². The van der Waals surface area contributed by atoms with Crippen LogP contribution in [0.2, 0.25) is 5.02 Å². The number of piperazine rings is 1. The van der Waals surface area contributed by atoms with Crippen molar-refractivity contribution in [1.29, 1.82) is 0 Å². The Morgan fingerprint density at radius 1 is 1.21 bits per heavy atom. The Balaban J connectivity index is 1.70. The van der Waals surface area contributed by atoms with E-state index in [2.05, 4.69) is 11.9 Å². The van der Waals surface area contributed by atoms with Crippen molar-refractivity contribution in [2.75, 3.05) is 39.0 Å². The second-order valence-electron chi connectivity index (χ2n) is 4.80. The number of likely N-dealkylation sites (N-methyl/N-ethyl adjacent to an activating group) is 1. The van der Waals surface area contributed by atoms with E-state index in [1.807, 2.05) is 29.2 Å². The van der Waals surface area contributed by atoms with E-state index in [0.29, 0.717) is 5.75 Å². The van der Waals surface area contributed by atoms with Gasteiger partial charge in [-0.3, -0.25) is 4.79 Å². The van der Waals surface area contributed by atoms with Crippen molar-refractivity contribution in [2.45, 2.75) is 5.75 Å². The minimum absolute atomic E-state index is 0.257. The molecule has 0 bridgehead atoms. The predicted octanol–water partition coefficient (Wildman–Crippen LogP) is 2.35. The lowest BCUT2D eigenvalue weighted by atomic mass is 10.2. The second-order valence-corrected chi connectivity index (χ2v) is 6.23. The highest BCUT2D eigenvalue weighted by atomic mass is 35.5. The van der Waals surface area contributed by atoms with Crippen LogP contribution in [0.25, 0.3) is 0 Å². The molecule has 1 saturated heterocycles. The first kappa shape index (κ1) is 14.7. The molecule has 0 saturated carbocycles. The van der Waals surface area contributed by atoms with E-state index in [4.69, 9.17) is 11.6 Å². The van der Waals surface area contributed by atoms with Gasteiger partial charge < -0.3 is 9.80 Å². The van der Waals surface area contributed by atoms with Gasteiger partial charge in [-0.2, -0.15) is 0 Å². The Kier molecular flexibility index (Phi) is 5.55. The second kappa shape index (κ2) is 7.17. The average Bonchev–Trinajstić information content (AvgIpc) is 2.41. The average molecular weight is 299 g/mol. The van der Waals surface area contributed by atoms with Crippen molar-refractivity contribution in [3.63, 3.8) is 0 Å². The molecule has 2 rings (SSSR count). The summed E-state index contributed by atoms with van der Waals surface area (Å²) >= 11 is 7.50. The van der Waals surface area contributed by atoms with Gasteiger partial charge >= 0.3 is 0 Å². The number of amides is 1. The molecule has 1 fully saturated rings. The van der Waals surface area contributed by atoms with Crippen molar-refractivity contribution in [3.8, 4) is 0 Å². The van der Waals surface area contributed by atoms with E-state index >= 15 is 0 Å². The summed E-state index contributed by atoms with van der Waals surface area (Å²) in [6.45, 7) is 3.68. The third-order valence-corrected chi connectivity index (χ3v) is 4.50. The number of nitrogens with zero attached hydrogens (tertiary/aromatic N) is 2. The molecule has 1 aromatic carbocycles. The molecule has 0 aromatic heterocycles. The Hall–Kier alpha value is -0.710. The normalized spacial score (nSPS) is 16.6. The van der Waals surface area contributed by atoms with Crippen molar-refractivity contribution in [3.05, 3.63) is 34.9 Å². The van der Waals surface area contributed by atoms with Gasteiger partial charge in [-0.15, -0.1) is 11.8 Å². The quantitative estimate of drug-likeness (QED) is 0.852. The van der Waals surface area contributed by atoms with Gasteiger partial charge in [0.15, 0.2) is 0 Å². The van der Waals surface area contributed by atoms with Crippen LogP contribution >= 0.6 is 23.4 Å². The predicted molar refractivity (Wildman–Crippen MR) is 81.7 cm³/mol. The van der Waals surface area contributed by atoms with E-state index < -0.39 is 0 Å². The standard InChI is InChI=1S/C14H19ClN2OS/c1-16-6-8-17(9-7-16)14(18)11-19-10-12-2-4-13(15)5-3-12/h2-5H,6-11H2,1H3. The number of hydrogen-bond donors (Lipinski definition) is 0. The van der Waals surface area contributed by atoms with Crippen LogP contribution in [0.3, 0.4) is 0 Å². The Morgan fingerprint density at radius 2 is 1.84 bits per heavy atom. The highest BCUT2D eigenvalue weighted by Crippen LogP contribution is 2.16. The lowest BCUT2D eigenvalue weighted by Gasteiger charge is -2.32. The van der Waals surface area contributed by atoms with Gasteiger partial charge in [-0.05, 0) is 24.7 Å². The summed E-state index contributed by atoms with van der Waals surface area (Å²) in [5.41, 5.74) is 1.21. The van der Waals surface area contributed by atoms with Gasteiger partial charge in [0.25, 0.3) is 0 Å². The molecule has 5 heteroatoms. The van der Waals surface area contributed by atoms with E-state index in [1.165, 1.54) is 5.56 Å². The summed E-state index contributed by atoms with van der Waals surface area (Å²) in [5, 5.41) is 0.752.